The van der Waals surface area contributed by atoms with Crippen molar-refractivity contribution < 1.29 is 9.90 Å². The Kier molecular flexibility index (Phi) is 3.98. The number of carbonyl (C=O) groups is 1. The van der Waals surface area contributed by atoms with E-state index >= 15 is 0 Å². The van der Waals surface area contributed by atoms with Crippen LogP contribution in [0.15, 0.2) is 60.7 Å². The number of amides is 1. The molecule has 2 fully saturated rings. The average molecular weight is 322 g/mol. The zero-order chi connectivity index (χ0) is 16.5. The Morgan fingerprint density at radius 1 is 0.917 bits per heavy atom. The molecule has 1 aliphatic heterocycles. The van der Waals surface area contributed by atoms with E-state index in [1.165, 1.54) is 11.1 Å². The van der Waals surface area contributed by atoms with Gasteiger partial charge in [-0.2, -0.15) is 0 Å². The Labute approximate surface area is 142 Å². The topological polar surface area (TPSA) is 43.8 Å². The highest BCUT2D eigenvalue weighted by Gasteiger charge is 2.44. The molecule has 1 saturated carbocycles. The first kappa shape index (κ1) is 15.2. The molecule has 4 nitrogen and oxygen atoms in total. The Balaban J connectivity index is 1.55. The van der Waals surface area contributed by atoms with Gasteiger partial charge in [0.25, 0.3) is 0 Å². The first-order valence-electron chi connectivity index (χ1n) is 8.59. The summed E-state index contributed by atoms with van der Waals surface area (Å²) in [5, 5.41) is 9.49. The van der Waals surface area contributed by atoms with Gasteiger partial charge in [0.1, 0.15) is 0 Å². The molecular formula is C20H22N2O2. The van der Waals surface area contributed by atoms with Crippen LogP contribution < -0.4 is 0 Å². The van der Waals surface area contributed by atoms with Gasteiger partial charge in [-0.05, 0) is 24.0 Å². The molecule has 4 heteroatoms. The molecule has 0 aromatic heterocycles. The molecule has 0 atom stereocenters. The van der Waals surface area contributed by atoms with E-state index < -0.39 is 6.09 Å². The van der Waals surface area contributed by atoms with Crippen molar-refractivity contribution in [2.75, 3.05) is 13.1 Å². The van der Waals surface area contributed by atoms with Gasteiger partial charge in [-0.15, -0.1) is 0 Å². The van der Waals surface area contributed by atoms with Crippen LogP contribution in [0, 0.1) is 0 Å². The second kappa shape index (κ2) is 6.29. The standard InChI is InChI=1S/C20H22N2O2/c23-20(24)22(17-11-12-17)18-13-21(14-18)19(15-7-3-1-4-8-15)16-9-5-2-6-10-16/h1-10,17-19H,11-14H2,(H,23,24). The molecule has 0 unspecified atom stereocenters. The summed E-state index contributed by atoms with van der Waals surface area (Å²) in [6, 6.07) is 21.5. The summed E-state index contributed by atoms with van der Waals surface area (Å²) in [6.07, 6.45) is 1.27. The van der Waals surface area contributed by atoms with E-state index in [1.807, 2.05) is 12.1 Å². The molecule has 1 N–H and O–H groups in total. The minimum absolute atomic E-state index is 0.130. The summed E-state index contributed by atoms with van der Waals surface area (Å²) in [5.74, 6) is 0. The maximum absolute atomic E-state index is 11.5. The van der Waals surface area contributed by atoms with Gasteiger partial charge in [-0.1, -0.05) is 60.7 Å². The van der Waals surface area contributed by atoms with E-state index in [0.29, 0.717) is 0 Å². The van der Waals surface area contributed by atoms with Crippen LogP contribution in [0.1, 0.15) is 30.0 Å². The van der Waals surface area contributed by atoms with Gasteiger partial charge >= 0.3 is 6.09 Å². The van der Waals surface area contributed by atoms with E-state index in [9.17, 15) is 9.90 Å². The molecule has 4 rings (SSSR count). The third-order valence-electron chi connectivity index (χ3n) is 5.04. The average Bonchev–Trinajstić information content (AvgIpc) is 3.39. The van der Waals surface area contributed by atoms with E-state index in [-0.39, 0.29) is 18.1 Å². The zero-order valence-corrected chi connectivity index (χ0v) is 13.6. The smallest absolute Gasteiger partial charge is 0.407 e. The third-order valence-corrected chi connectivity index (χ3v) is 5.04. The Morgan fingerprint density at radius 3 is 1.83 bits per heavy atom. The number of hydrogen-bond donors (Lipinski definition) is 1. The number of benzene rings is 2. The van der Waals surface area contributed by atoms with Gasteiger partial charge in [0.15, 0.2) is 0 Å². The number of nitrogens with zero attached hydrogens (tertiary/aromatic N) is 2. The lowest BCUT2D eigenvalue weighted by Gasteiger charge is -2.48. The van der Waals surface area contributed by atoms with Gasteiger partial charge in [-0.25, -0.2) is 4.79 Å². The minimum atomic E-state index is -0.766. The lowest BCUT2D eigenvalue weighted by atomic mass is 9.92. The predicted octanol–water partition coefficient (Wildman–Crippen LogP) is 3.60. The fourth-order valence-corrected chi connectivity index (χ4v) is 3.72. The lowest BCUT2D eigenvalue weighted by Crippen LogP contribution is -2.61. The Hall–Kier alpha value is -2.33. The summed E-state index contributed by atoms with van der Waals surface area (Å²) in [5.41, 5.74) is 2.52. The van der Waals surface area contributed by atoms with E-state index in [4.69, 9.17) is 0 Å². The molecule has 1 heterocycles. The number of likely N-dealkylation sites (tertiary alicyclic amines) is 1. The van der Waals surface area contributed by atoms with Gasteiger partial charge < -0.3 is 5.11 Å². The first-order chi connectivity index (χ1) is 11.7. The van der Waals surface area contributed by atoms with Crippen molar-refractivity contribution in [3.05, 3.63) is 71.8 Å². The Morgan fingerprint density at radius 2 is 1.42 bits per heavy atom. The van der Waals surface area contributed by atoms with Crippen molar-refractivity contribution >= 4 is 6.09 Å². The summed E-state index contributed by atoms with van der Waals surface area (Å²) >= 11 is 0. The molecule has 0 radical (unpaired) electrons. The zero-order valence-electron chi connectivity index (χ0n) is 13.6. The highest BCUT2D eigenvalue weighted by Crippen LogP contribution is 2.37. The third kappa shape index (κ3) is 2.89. The summed E-state index contributed by atoms with van der Waals surface area (Å²) in [6.45, 7) is 1.61. The van der Waals surface area contributed by atoms with Crippen LogP contribution in [0.25, 0.3) is 0 Å². The number of rotatable bonds is 5. The second-order valence-electron chi connectivity index (χ2n) is 6.75. The van der Waals surface area contributed by atoms with E-state index in [2.05, 4.69) is 53.4 Å². The molecule has 1 saturated heterocycles. The molecule has 2 aromatic rings. The van der Waals surface area contributed by atoms with Crippen molar-refractivity contribution in [3.63, 3.8) is 0 Å². The Bertz CT molecular complexity index is 655. The SMILES string of the molecule is O=C(O)N(C1CC1)C1CN(C(c2ccccc2)c2ccccc2)C1. The highest BCUT2D eigenvalue weighted by molar-refractivity contribution is 5.66. The molecule has 1 aliphatic carbocycles. The van der Waals surface area contributed by atoms with Crippen LogP contribution in [0.2, 0.25) is 0 Å². The molecule has 2 aromatic carbocycles. The van der Waals surface area contributed by atoms with Crippen LogP contribution >= 0.6 is 0 Å². The van der Waals surface area contributed by atoms with Gasteiger partial charge in [0.05, 0.1) is 12.1 Å². The lowest BCUT2D eigenvalue weighted by molar-refractivity contribution is 0.0154. The van der Waals surface area contributed by atoms with Crippen molar-refractivity contribution in [3.8, 4) is 0 Å². The maximum Gasteiger partial charge on any atom is 0.407 e. The van der Waals surface area contributed by atoms with E-state index in [1.54, 1.807) is 4.90 Å². The van der Waals surface area contributed by atoms with Crippen LogP contribution in [-0.4, -0.2) is 46.2 Å². The van der Waals surface area contributed by atoms with Gasteiger partial charge in [0, 0.05) is 19.1 Å². The molecule has 0 bridgehead atoms. The summed E-state index contributed by atoms with van der Waals surface area (Å²) < 4.78 is 0. The summed E-state index contributed by atoms with van der Waals surface area (Å²) in [4.78, 5) is 15.6. The molecule has 124 valence electrons. The summed E-state index contributed by atoms with van der Waals surface area (Å²) in [7, 11) is 0. The largest absolute Gasteiger partial charge is 0.465 e. The first-order valence-corrected chi connectivity index (χ1v) is 8.59. The molecule has 0 spiro atoms. The minimum Gasteiger partial charge on any atom is -0.465 e. The van der Waals surface area contributed by atoms with E-state index in [0.717, 1.165) is 25.9 Å². The van der Waals surface area contributed by atoms with Crippen molar-refractivity contribution in [2.45, 2.75) is 31.0 Å². The number of carboxylic acid groups (broad SMARTS) is 1. The van der Waals surface area contributed by atoms with Gasteiger partial charge in [-0.3, -0.25) is 9.80 Å². The van der Waals surface area contributed by atoms with Crippen LogP contribution in [0.4, 0.5) is 4.79 Å². The molecule has 24 heavy (non-hydrogen) atoms. The quantitative estimate of drug-likeness (QED) is 0.914. The molecule has 1 amide bonds. The second-order valence-corrected chi connectivity index (χ2v) is 6.75. The van der Waals surface area contributed by atoms with Crippen molar-refractivity contribution in [1.82, 2.24) is 9.80 Å². The predicted molar refractivity (Wildman–Crippen MR) is 93.0 cm³/mol. The number of hydrogen-bond acceptors (Lipinski definition) is 2. The molecule has 2 aliphatic rings. The fourth-order valence-electron chi connectivity index (χ4n) is 3.72. The monoisotopic (exact) mass is 322 g/mol. The van der Waals surface area contributed by atoms with Crippen LogP contribution in [-0.2, 0) is 0 Å². The molecular weight excluding hydrogens is 300 g/mol. The van der Waals surface area contributed by atoms with Crippen LogP contribution in [0.5, 0.6) is 0 Å². The van der Waals surface area contributed by atoms with Gasteiger partial charge in [0.2, 0.25) is 0 Å². The van der Waals surface area contributed by atoms with Crippen LogP contribution in [0.3, 0.4) is 0 Å². The highest BCUT2D eigenvalue weighted by atomic mass is 16.4. The van der Waals surface area contributed by atoms with Crippen molar-refractivity contribution in [2.24, 2.45) is 0 Å². The van der Waals surface area contributed by atoms with Crippen molar-refractivity contribution in [1.29, 1.82) is 0 Å². The normalized spacial score (nSPS) is 18.4. The fraction of sp³-hybridized carbons (Fsp3) is 0.350. The maximum atomic E-state index is 11.5.